The Morgan fingerprint density at radius 1 is 1.10 bits per heavy atom. The van der Waals surface area contributed by atoms with E-state index in [1.165, 1.54) is 29.5 Å². The number of thiazole rings is 1. The van der Waals surface area contributed by atoms with Gasteiger partial charge in [-0.2, -0.15) is 0 Å². The van der Waals surface area contributed by atoms with Crippen molar-refractivity contribution in [1.29, 1.82) is 0 Å². The lowest BCUT2D eigenvalue weighted by Crippen LogP contribution is -2.02. The van der Waals surface area contributed by atoms with Gasteiger partial charge in [0.05, 0.1) is 12.3 Å². The molecular formula is C22H18FNO4S. The number of carboxylic acids is 1. The van der Waals surface area contributed by atoms with Crippen molar-refractivity contribution in [3.63, 3.8) is 0 Å². The number of rotatable bonds is 9. The van der Waals surface area contributed by atoms with E-state index in [1.54, 1.807) is 42.5 Å². The molecule has 0 aliphatic carbocycles. The van der Waals surface area contributed by atoms with Crippen molar-refractivity contribution in [1.82, 2.24) is 4.98 Å². The number of carbonyl (C=O) groups is 2. The second kappa shape index (κ2) is 9.75. The summed E-state index contributed by atoms with van der Waals surface area (Å²) in [5.74, 6) is -0.739. The maximum atomic E-state index is 13.0. The van der Waals surface area contributed by atoms with Gasteiger partial charge in [-0.3, -0.25) is 9.59 Å². The number of hydrogen-bond donors (Lipinski definition) is 1. The number of benzene rings is 2. The van der Waals surface area contributed by atoms with Gasteiger partial charge in [0, 0.05) is 22.9 Å². The zero-order chi connectivity index (χ0) is 20.6. The largest absolute Gasteiger partial charge is 0.494 e. The topological polar surface area (TPSA) is 76.5 Å². The van der Waals surface area contributed by atoms with Crippen LogP contribution in [0.5, 0.6) is 5.75 Å². The summed E-state index contributed by atoms with van der Waals surface area (Å²) in [6.07, 6.45) is 3.57. The molecular weight excluding hydrogens is 393 g/mol. The van der Waals surface area contributed by atoms with Gasteiger partial charge in [0.25, 0.3) is 0 Å². The summed E-state index contributed by atoms with van der Waals surface area (Å²) < 4.78 is 18.5. The molecule has 0 spiro atoms. The molecule has 0 amide bonds. The van der Waals surface area contributed by atoms with E-state index < -0.39 is 5.97 Å². The SMILES string of the molecule is O=C(O)CCCOc1ccc(C(=O)/C=C/c2csc(-c3ccc(F)cc3)n2)cc1. The maximum Gasteiger partial charge on any atom is 0.303 e. The molecule has 1 N–H and O–H groups in total. The normalized spacial score (nSPS) is 10.9. The highest BCUT2D eigenvalue weighted by atomic mass is 32.1. The Balaban J connectivity index is 1.56. The number of ether oxygens (including phenoxy) is 1. The minimum Gasteiger partial charge on any atom is -0.494 e. The van der Waals surface area contributed by atoms with Crippen LogP contribution in [0, 0.1) is 5.82 Å². The lowest BCUT2D eigenvalue weighted by Gasteiger charge is -2.05. The average molecular weight is 411 g/mol. The Morgan fingerprint density at radius 2 is 1.83 bits per heavy atom. The third-order valence-electron chi connectivity index (χ3n) is 3.96. The molecule has 1 heterocycles. The van der Waals surface area contributed by atoms with E-state index in [0.717, 1.165) is 10.6 Å². The van der Waals surface area contributed by atoms with E-state index in [4.69, 9.17) is 9.84 Å². The summed E-state index contributed by atoms with van der Waals surface area (Å²) in [4.78, 5) is 27.2. The molecule has 0 bridgehead atoms. The van der Waals surface area contributed by atoms with Crippen LogP contribution in [0.4, 0.5) is 4.39 Å². The zero-order valence-corrected chi connectivity index (χ0v) is 16.2. The van der Waals surface area contributed by atoms with Crippen LogP contribution in [0.2, 0.25) is 0 Å². The van der Waals surface area contributed by atoms with E-state index in [0.29, 0.717) is 30.0 Å². The molecule has 0 atom stereocenters. The van der Waals surface area contributed by atoms with Crippen molar-refractivity contribution in [2.75, 3.05) is 6.61 Å². The van der Waals surface area contributed by atoms with E-state index in [9.17, 15) is 14.0 Å². The first-order valence-corrected chi connectivity index (χ1v) is 9.78. The third kappa shape index (κ3) is 6.08. The predicted molar refractivity (Wildman–Crippen MR) is 110 cm³/mol. The fourth-order valence-corrected chi connectivity index (χ4v) is 3.27. The van der Waals surface area contributed by atoms with Gasteiger partial charge in [-0.15, -0.1) is 11.3 Å². The van der Waals surface area contributed by atoms with Crippen molar-refractivity contribution in [3.8, 4) is 16.3 Å². The van der Waals surface area contributed by atoms with E-state index >= 15 is 0 Å². The number of aromatic nitrogens is 1. The molecule has 0 aliphatic heterocycles. The Morgan fingerprint density at radius 3 is 2.52 bits per heavy atom. The number of allylic oxidation sites excluding steroid dienone is 1. The molecule has 3 aromatic rings. The summed E-state index contributed by atoms with van der Waals surface area (Å²) in [5, 5.41) is 11.2. The Labute approximate surface area is 171 Å². The highest BCUT2D eigenvalue weighted by molar-refractivity contribution is 7.13. The summed E-state index contributed by atoms with van der Waals surface area (Å²) in [6, 6.07) is 12.8. The fraction of sp³-hybridized carbons (Fsp3) is 0.136. The summed E-state index contributed by atoms with van der Waals surface area (Å²) in [7, 11) is 0. The van der Waals surface area contributed by atoms with E-state index in [-0.39, 0.29) is 18.0 Å². The molecule has 0 aliphatic rings. The van der Waals surface area contributed by atoms with Gasteiger partial charge in [0.15, 0.2) is 5.78 Å². The molecule has 148 valence electrons. The third-order valence-corrected chi connectivity index (χ3v) is 4.87. The van der Waals surface area contributed by atoms with Crippen LogP contribution in [0.1, 0.15) is 28.9 Å². The summed E-state index contributed by atoms with van der Waals surface area (Å²) in [6.45, 7) is 0.305. The smallest absolute Gasteiger partial charge is 0.303 e. The van der Waals surface area contributed by atoms with Crippen molar-refractivity contribution in [3.05, 3.63) is 77.1 Å². The first-order chi connectivity index (χ1) is 14.0. The van der Waals surface area contributed by atoms with Gasteiger partial charge in [-0.05, 0) is 67.1 Å². The minimum absolute atomic E-state index is 0.0564. The highest BCUT2D eigenvalue weighted by Crippen LogP contribution is 2.24. The monoisotopic (exact) mass is 411 g/mol. The Bertz CT molecular complexity index is 1010. The van der Waals surface area contributed by atoms with Gasteiger partial charge in [-0.1, -0.05) is 0 Å². The number of hydrogen-bond acceptors (Lipinski definition) is 5. The number of nitrogens with zero attached hydrogens (tertiary/aromatic N) is 1. The number of ketones is 1. The number of carbonyl (C=O) groups excluding carboxylic acids is 1. The molecule has 0 radical (unpaired) electrons. The molecule has 0 saturated heterocycles. The lowest BCUT2D eigenvalue weighted by molar-refractivity contribution is -0.137. The standard InChI is InChI=1S/C22H18FNO4S/c23-17-7-3-16(4-8-17)22-24-18(14-29-22)9-12-20(25)15-5-10-19(11-6-15)28-13-1-2-21(26)27/h3-12,14H,1-2,13H2,(H,26,27)/b12-9+. The van der Waals surface area contributed by atoms with Gasteiger partial charge < -0.3 is 9.84 Å². The second-order valence-corrected chi connectivity index (χ2v) is 7.01. The predicted octanol–water partition coefficient (Wildman–Crippen LogP) is 5.09. The van der Waals surface area contributed by atoms with Crippen LogP contribution in [-0.4, -0.2) is 28.4 Å². The Kier molecular flexibility index (Phi) is 6.86. The quantitative estimate of drug-likeness (QED) is 0.302. The Hall–Kier alpha value is -3.32. The van der Waals surface area contributed by atoms with Gasteiger partial charge >= 0.3 is 5.97 Å². The fourth-order valence-electron chi connectivity index (χ4n) is 2.47. The molecule has 5 nitrogen and oxygen atoms in total. The van der Waals surface area contributed by atoms with Gasteiger partial charge in [0.1, 0.15) is 16.6 Å². The first-order valence-electron chi connectivity index (χ1n) is 8.90. The highest BCUT2D eigenvalue weighted by Gasteiger charge is 2.06. The average Bonchev–Trinajstić information content (AvgIpc) is 3.19. The van der Waals surface area contributed by atoms with Crippen LogP contribution in [0.3, 0.4) is 0 Å². The van der Waals surface area contributed by atoms with E-state index in [2.05, 4.69) is 4.98 Å². The van der Waals surface area contributed by atoms with E-state index in [1.807, 2.05) is 5.38 Å². The first kappa shape index (κ1) is 20.4. The maximum absolute atomic E-state index is 13.0. The van der Waals surface area contributed by atoms with Crippen LogP contribution in [-0.2, 0) is 4.79 Å². The summed E-state index contributed by atoms with van der Waals surface area (Å²) in [5.41, 5.74) is 1.98. The van der Waals surface area contributed by atoms with Gasteiger partial charge in [-0.25, -0.2) is 9.37 Å². The number of aliphatic carboxylic acids is 1. The van der Waals surface area contributed by atoms with Crippen molar-refractivity contribution >= 4 is 29.2 Å². The summed E-state index contributed by atoms with van der Waals surface area (Å²) >= 11 is 1.42. The molecule has 2 aromatic carbocycles. The number of carboxylic acid groups (broad SMARTS) is 1. The van der Waals surface area contributed by atoms with Gasteiger partial charge in [0.2, 0.25) is 0 Å². The van der Waals surface area contributed by atoms with Crippen molar-refractivity contribution in [2.24, 2.45) is 0 Å². The molecule has 0 fully saturated rings. The van der Waals surface area contributed by atoms with Crippen LogP contribution >= 0.6 is 11.3 Å². The second-order valence-electron chi connectivity index (χ2n) is 6.15. The zero-order valence-electron chi connectivity index (χ0n) is 15.4. The molecule has 7 heteroatoms. The molecule has 29 heavy (non-hydrogen) atoms. The minimum atomic E-state index is -0.855. The molecule has 0 unspecified atom stereocenters. The molecule has 1 aromatic heterocycles. The lowest BCUT2D eigenvalue weighted by atomic mass is 10.1. The van der Waals surface area contributed by atoms with Crippen LogP contribution in [0.15, 0.2) is 60.0 Å². The molecule has 0 saturated carbocycles. The molecule has 3 rings (SSSR count). The van der Waals surface area contributed by atoms with Crippen LogP contribution in [0.25, 0.3) is 16.6 Å². The van der Waals surface area contributed by atoms with Crippen LogP contribution < -0.4 is 4.74 Å². The van der Waals surface area contributed by atoms with Crippen molar-refractivity contribution < 1.29 is 23.8 Å². The number of halogens is 1. The van der Waals surface area contributed by atoms with Crippen molar-refractivity contribution in [2.45, 2.75) is 12.8 Å².